The molecular weight excluding hydrogens is 424 g/mol. The Hall–Kier alpha value is -2.55. The van der Waals surface area contributed by atoms with Crippen LogP contribution < -0.4 is 0 Å². The molecule has 0 saturated carbocycles. The van der Waals surface area contributed by atoms with Crippen molar-refractivity contribution in [1.29, 1.82) is 0 Å². The number of hydrogen-bond donors (Lipinski definition) is 0. The van der Waals surface area contributed by atoms with Gasteiger partial charge < -0.3 is 9.30 Å². The number of aromatic nitrogens is 3. The van der Waals surface area contributed by atoms with E-state index in [0.717, 1.165) is 22.4 Å². The van der Waals surface area contributed by atoms with Crippen LogP contribution in [-0.4, -0.2) is 53.6 Å². The number of imidazole rings is 1. The first-order valence-electron chi connectivity index (χ1n) is 10.8. The molecule has 172 valence electrons. The molecule has 2 aromatic heterocycles. The van der Waals surface area contributed by atoms with Crippen molar-refractivity contribution in [3.05, 3.63) is 66.8 Å². The Morgan fingerprint density at radius 1 is 1.22 bits per heavy atom. The highest BCUT2D eigenvalue weighted by Crippen LogP contribution is 2.22. The molecule has 32 heavy (non-hydrogen) atoms. The van der Waals surface area contributed by atoms with E-state index in [-0.39, 0.29) is 10.9 Å². The van der Waals surface area contributed by atoms with Gasteiger partial charge in [-0.3, -0.25) is 4.98 Å². The van der Waals surface area contributed by atoms with E-state index in [4.69, 9.17) is 4.74 Å². The summed E-state index contributed by atoms with van der Waals surface area (Å²) in [5.41, 5.74) is 2.85. The predicted octanol–water partition coefficient (Wildman–Crippen LogP) is 4.03. The van der Waals surface area contributed by atoms with Gasteiger partial charge in [0.25, 0.3) is 0 Å². The number of rotatable bonds is 11. The monoisotopic (exact) mass is 456 g/mol. The minimum atomic E-state index is -3.64. The number of fused-ring (bicyclic) bond motifs is 1. The van der Waals surface area contributed by atoms with Crippen molar-refractivity contribution in [2.45, 2.75) is 44.7 Å². The van der Waals surface area contributed by atoms with Gasteiger partial charge in [0.15, 0.2) is 0 Å². The number of pyridine rings is 1. The second kappa shape index (κ2) is 10.4. The number of ether oxygens (including phenoxy) is 1. The maximum Gasteiger partial charge on any atom is 0.243 e. The van der Waals surface area contributed by atoms with E-state index in [2.05, 4.69) is 35.0 Å². The van der Waals surface area contributed by atoms with Gasteiger partial charge in [0.1, 0.15) is 11.3 Å². The molecule has 7 nitrogen and oxygen atoms in total. The smallest absolute Gasteiger partial charge is 0.243 e. The average molecular weight is 457 g/mol. The van der Waals surface area contributed by atoms with E-state index in [9.17, 15) is 8.42 Å². The number of aryl methyl sites for hydroxylation is 1. The summed E-state index contributed by atoms with van der Waals surface area (Å²) in [5, 5.41) is 0. The highest BCUT2D eigenvalue weighted by molar-refractivity contribution is 7.89. The summed E-state index contributed by atoms with van der Waals surface area (Å²) in [6.07, 6.45) is 5.88. The Labute approximate surface area is 190 Å². The lowest BCUT2D eigenvalue weighted by Gasteiger charge is -2.28. The van der Waals surface area contributed by atoms with Crippen molar-refractivity contribution in [3.63, 3.8) is 0 Å². The molecule has 1 aromatic carbocycles. The number of likely N-dealkylation sites (N-methyl/N-ethyl adjacent to an activating group) is 1. The van der Waals surface area contributed by atoms with Crippen LogP contribution in [0.2, 0.25) is 0 Å². The molecule has 0 aliphatic carbocycles. The SMILES string of the molecule is C=CCOC[C@H](CC(C)C)N(C)S(=O)(=O)c1ccc(Cn2c(C)nc3cnccc32)cc1. The molecule has 0 fully saturated rings. The molecule has 0 saturated heterocycles. The van der Waals surface area contributed by atoms with Crippen molar-refractivity contribution in [2.75, 3.05) is 20.3 Å². The summed E-state index contributed by atoms with van der Waals surface area (Å²) >= 11 is 0. The molecule has 3 rings (SSSR count). The topological polar surface area (TPSA) is 77.3 Å². The van der Waals surface area contributed by atoms with E-state index in [0.29, 0.717) is 32.1 Å². The molecule has 0 N–H and O–H groups in total. The van der Waals surface area contributed by atoms with Crippen molar-refractivity contribution >= 4 is 21.1 Å². The molecule has 0 aliphatic heterocycles. The third kappa shape index (κ3) is 5.43. The average Bonchev–Trinajstić information content (AvgIpc) is 3.08. The van der Waals surface area contributed by atoms with Crippen LogP contribution in [0.1, 0.15) is 31.7 Å². The van der Waals surface area contributed by atoms with Crippen LogP contribution in [0.4, 0.5) is 0 Å². The van der Waals surface area contributed by atoms with Gasteiger partial charge >= 0.3 is 0 Å². The van der Waals surface area contributed by atoms with Crippen molar-refractivity contribution in [2.24, 2.45) is 5.92 Å². The van der Waals surface area contributed by atoms with Gasteiger partial charge in [0.2, 0.25) is 10.0 Å². The molecule has 0 unspecified atom stereocenters. The third-order valence-electron chi connectivity index (χ3n) is 5.49. The Bertz CT molecular complexity index is 1150. The van der Waals surface area contributed by atoms with Gasteiger partial charge in [-0.2, -0.15) is 4.31 Å². The van der Waals surface area contributed by atoms with Crippen LogP contribution in [0.25, 0.3) is 11.0 Å². The summed E-state index contributed by atoms with van der Waals surface area (Å²) in [6.45, 7) is 11.1. The van der Waals surface area contributed by atoms with Crippen molar-refractivity contribution in [3.8, 4) is 0 Å². The second-order valence-corrected chi connectivity index (χ2v) is 10.4. The first-order valence-corrected chi connectivity index (χ1v) is 12.2. The van der Waals surface area contributed by atoms with E-state index < -0.39 is 10.0 Å². The van der Waals surface area contributed by atoms with Crippen LogP contribution in [0, 0.1) is 12.8 Å². The quantitative estimate of drug-likeness (QED) is 0.322. The number of hydrogen-bond acceptors (Lipinski definition) is 5. The molecule has 3 aromatic rings. The molecule has 1 atom stereocenters. The fourth-order valence-corrected chi connectivity index (χ4v) is 5.12. The van der Waals surface area contributed by atoms with Crippen molar-refractivity contribution in [1.82, 2.24) is 18.8 Å². The molecule has 2 heterocycles. The first kappa shape index (κ1) is 24.1. The van der Waals surface area contributed by atoms with Gasteiger partial charge in [-0.15, -0.1) is 6.58 Å². The minimum Gasteiger partial charge on any atom is -0.376 e. The molecular formula is C24H32N4O3S. The molecule has 8 heteroatoms. The van der Waals surface area contributed by atoms with Crippen LogP contribution in [0.15, 0.2) is 60.3 Å². The molecule has 0 bridgehead atoms. The maximum atomic E-state index is 13.3. The van der Waals surface area contributed by atoms with Gasteiger partial charge in [-0.25, -0.2) is 13.4 Å². The lowest BCUT2D eigenvalue weighted by molar-refractivity contribution is 0.106. The summed E-state index contributed by atoms with van der Waals surface area (Å²) in [6, 6.07) is 8.76. The van der Waals surface area contributed by atoms with E-state index in [1.807, 2.05) is 25.1 Å². The standard InChI is InChI=1S/C24H32N4O3S/c1-6-13-31-17-21(14-18(2)3)27(5)32(29,30)22-9-7-20(8-10-22)16-28-19(4)26-23-15-25-12-11-24(23)28/h6-12,15,18,21H,1,13-14,16-17H2,2-5H3/t21-/m0/s1. The van der Waals surface area contributed by atoms with Crippen LogP contribution >= 0.6 is 0 Å². The summed E-state index contributed by atoms with van der Waals surface area (Å²) in [4.78, 5) is 8.94. The zero-order valence-corrected chi connectivity index (χ0v) is 20.0. The zero-order chi connectivity index (χ0) is 23.3. The fourth-order valence-electron chi connectivity index (χ4n) is 3.77. The Kier molecular flexibility index (Phi) is 7.82. The van der Waals surface area contributed by atoms with Gasteiger partial charge in [-0.1, -0.05) is 32.1 Å². The van der Waals surface area contributed by atoms with Crippen LogP contribution in [0.5, 0.6) is 0 Å². The summed E-state index contributed by atoms with van der Waals surface area (Å²) in [5.74, 6) is 1.23. The van der Waals surface area contributed by atoms with Crippen LogP contribution in [-0.2, 0) is 21.3 Å². The molecule has 0 amide bonds. The zero-order valence-electron chi connectivity index (χ0n) is 19.2. The number of sulfonamides is 1. The summed E-state index contributed by atoms with van der Waals surface area (Å²) < 4.78 is 35.7. The first-order chi connectivity index (χ1) is 15.2. The van der Waals surface area contributed by atoms with Crippen molar-refractivity contribution < 1.29 is 13.2 Å². The number of nitrogens with zero attached hydrogens (tertiary/aromatic N) is 4. The fraction of sp³-hybridized carbons (Fsp3) is 0.417. The van der Waals surface area contributed by atoms with Gasteiger partial charge in [0.05, 0.1) is 29.8 Å². The van der Waals surface area contributed by atoms with E-state index >= 15 is 0 Å². The lowest BCUT2D eigenvalue weighted by atomic mass is 10.0. The summed E-state index contributed by atoms with van der Waals surface area (Å²) in [7, 11) is -2.01. The highest BCUT2D eigenvalue weighted by atomic mass is 32.2. The Morgan fingerprint density at radius 3 is 2.59 bits per heavy atom. The van der Waals surface area contributed by atoms with Gasteiger partial charge in [-0.05, 0) is 43.0 Å². The lowest BCUT2D eigenvalue weighted by Crippen LogP contribution is -2.41. The molecule has 0 aliphatic rings. The van der Waals surface area contributed by atoms with E-state index in [1.54, 1.807) is 37.7 Å². The predicted molar refractivity (Wildman–Crippen MR) is 127 cm³/mol. The highest BCUT2D eigenvalue weighted by Gasteiger charge is 2.28. The normalized spacial score (nSPS) is 13.2. The Balaban J connectivity index is 1.79. The van der Waals surface area contributed by atoms with E-state index in [1.165, 1.54) is 4.31 Å². The minimum absolute atomic E-state index is 0.242. The molecule has 0 radical (unpaired) electrons. The maximum absolute atomic E-state index is 13.3. The third-order valence-corrected chi connectivity index (χ3v) is 7.41. The van der Waals surface area contributed by atoms with Crippen LogP contribution in [0.3, 0.4) is 0 Å². The van der Waals surface area contributed by atoms with Gasteiger partial charge in [0, 0.05) is 25.8 Å². The molecule has 0 spiro atoms. The largest absolute Gasteiger partial charge is 0.376 e. The Morgan fingerprint density at radius 2 is 1.94 bits per heavy atom. The second-order valence-electron chi connectivity index (χ2n) is 8.38. The number of benzene rings is 1.